The molecule has 1 aromatic heterocycles. The highest BCUT2D eigenvalue weighted by molar-refractivity contribution is 7.89. The topological polar surface area (TPSA) is 125 Å². The van der Waals surface area contributed by atoms with Crippen LogP contribution in [0.5, 0.6) is 5.88 Å². The zero-order valence-corrected chi connectivity index (χ0v) is 18.8. The van der Waals surface area contributed by atoms with Crippen LogP contribution in [0.25, 0.3) is 5.69 Å². The predicted octanol–water partition coefficient (Wildman–Crippen LogP) is 2.32. The Morgan fingerprint density at radius 3 is 2.19 bits per heavy atom. The van der Waals surface area contributed by atoms with Crippen LogP contribution < -0.4 is 11.2 Å². The molecule has 32 heavy (non-hydrogen) atoms. The average Bonchev–Trinajstić information content (AvgIpc) is 2.75. The van der Waals surface area contributed by atoms with Crippen LogP contribution in [-0.4, -0.2) is 46.7 Å². The molecule has 0 aliphatic carbocycles. The molecule has 0 radical (unpaired) electrons. The molecule has 0 fully saturated rings. The normalized spacial score (nSPS) is 12.0. The maximum absolute atomic E-state index is 12.6. The van der Waals surface area contributed by atoms with Gasteiger partial charge in [0.25, 0.3) is 5.56 Å². The second kappa shape index (κ2) is 9.33. The molecule has 0 saturated carbocycles. The van der Waals surface area contributed by atoms with E-state index in [9.17, 15) is 23.1 Å². The van der Waals surface area contributed by atoms with E-state index in [-0.39, 0.29) is 10.5 Å². The lowest BCUT2D eigenvalue weighted by molar-refractivity contribution is 0.430. The van der Waals surface area contributed by atoms with Crippen LogP contribution in [0.3, 0.4) is 0 Å². The van der Waals surface area contributed by atoms with Crippen molar-refractivity contribution < 1.29 is 13.5 Å². The minimum absolute atomic E-state index is 0.133. The Kier molecular flexibility index (Phi) is 6.75. The summed E-state index contributed by atoms with van der Waals surface area (Å²) in [5, 5.41) is 10.6. The van der Waals surface area contributed by atoms with E-state index in [0.29, 0.717) is 24.5 Å². The van der Waals surface area contributed by atoms with Gasteiger partial charge in [-0.15, -0.1) is 0 Å². The fraction of sp³-hybridized carbons (Fsp3) is 0.227. The third-order valence-corrected chi connectivity index (χ3v) is 7.00. The van der Waals surface area contributed by atoms with Crippen LogP contribution in [0.1, 0.15) is 25.0 Å². The fourth-order valence-corrected chi connectivity index (χ4v) is 4.60. The van der Waals surface area contributed by atoms with Gasteiger partial charge in [0.1, 0.15) is 5.56 Å². The highest BCUT2D eigenvalue weighted by atomic mass is 32.2. The number of aryl methyl sites for hydroxylation is 1. The van der Waals surface area contributed by atoms with Crippen LogP contribution >= 0.6 is 0 Å². The maximum atomic E-state index is 12.6. The minimum Gasteiger partial charge on any atom is -0.493 e. The summed E-state index contributed by atoms with van der Waals surface area (Å²) in [4.78, 5) is 30.9. The lowest BCUT2D eigenvalue weighted by atomic mass is 10.2. The van der Waals surface area contributed by atoms with E-state index in [4.69, 9.17) is 0 Å². The number of sulfonamides is 1. The summed E-state index contributed by atoms with van der Waals surface area (Å²) in [7, 11) is -3.59. The van der Waals surface area contributed by atoms with E-state index in [1.54, 1.807) is 38.1 Å². The zero-order valence-electron chi connectivity index (χ0n) is 17.9. The highest BCUT2D eigenvalue weighted by Crippen LogP contribution is 2.21. The van der Waals surface area contributed by atoms with E-state index < -0.39 is 27.2 Å². The van der Waals surface area contributed by atoms with Crippen LogP contribution in [0, 0.1) is 6.92 Å². The maximum Gasteiger partial charge on any atom is 0.335 e. The number of rotatable bonds is 7. The first-order valence-corrected chi connectivity index (χ1v) is 11.4. The van der Waals surface area contributed by atoms with Crippen molar-refractivity contribution in [1.82, 2.24) is 13.9 Å². The summed E-state index contributed by atoms with van der Waals surface area (Å²) in [6.45, 7) is 6.13. The van der Waals surface area contributed by atoms with Gasteiger partial charge in [0, 0.05) is 19.3 Å². The molecule has 9 nitrogen and oxygen atoms in total. The molecule has 0 aliphatic heterocycles. The summed E-state index contributed by atoms with van der Waals surface area (Å²) < 4.78 is 27.5. The van der Waals surface area contributed by atoms with Crippen molar-refractivity contribution in [3.8, 4) is 11.6 Å². The Morgan fingerprint density at radius 1 is 1.03 bits per heavy atom. The molecule has 2 aromatic carbocycles. The Morgan fingerprint density at radius 2 is 1.62 bits per heavy atom. The largest absolute Gasteiger partial charge is 0.493 e. The van der Waals surface area contributed by atoms with Crippen LogP contribution in [0.4, 0.5) is 5.69 Å². The van der Waals surface area contributed by atoms with E-state index in [2.05, 4.69) is 9.98 Å². The average molecular weight is 457 g/mol. The number of nitrogens with zero attached hydrogens (tertiary/aromatic N) is 3. The molecule has 0 bridgehead atoms. The molecule has 10 heteroatoms. The summed E-state index contributed by atoms with van der Waals surface area (Å²) >= 11 is 0. The molecule has 3 aromatic rings. The van der Waals surface area contributed by atoms with Crippen LogP contribution in [0.15, 0.2) is 68.0 Å². The SMILES string of the molecule is CCN(CC)S(=O)(=O)c1ccc(N=Cc2c(O)n(-c3ccc(C)cc3)c(=O)[nH]c2=O)cc1. The Balaban J connectivity index is 1.96. The number of aromatic amines is 1. The van der Waals surface area contributed by atoms with Gasteiger partial charge in [0.2, 0.25) is 15.9 Å². The molecule has 1 heterocycles. The van der Waals surface area contributed by atoms with Gasteiger partial charge >= 0.3 is 5.69 Å². The number of aliphatic imine (C=N–C) groups is 1. The van der Waals surface area contributed by atoms with Gasteiger partial charge in [-0.1, -0.05) is 31.5 Å². The molecule has 0 aliphatic rings. The number of aromatic nitrogens is 2. The molecule has 168 valence electrons. The molecule has 0 amide bonds. The van der Waals surface area contributed by atoms with Gasteiger partial charge in [-0.3, -0.25) is 14.8 Å². The number of hydrogen-bond acceptors (Lipinski definition) is 6. The minimum atomic E-state index is -3.59. The van der Waals surface area contributed by atoms with Gasteiger partial charge < -0.3 is 5.11 Å². The molecular formula is C22H24N4O5S. The zero-order chi connectivity index (χ0) is 23.5. The lowest BCUT2D eigenvalue weighted by Gasteiger charge is -2.18. The Bertz CT molecular complexity index is 1350. The van der Waals surface area contributed by atoms with Gasteiger partial charge in [0.05, 0.1) is 16.3 Å². The second-order valence-corrected chi connectivity index (χ2v) is 8.95. The predicted molar refractivity (Wildman–Crippen MR) is 123 cm³/mol. The van der Waals surface area contributed by atoms with Gasteiger partial charge in [0.15, 0.2) is 0 Å². The van der Waals surface area contributed by atoms with E-state index in [1.807, 2.05) is 6.92 Å². The smallest absolute Gasteiger partial charge is 0.335 e. The number of aromatic hydroxyl groups is 1. The molecular weight excluding hydrogens is 432 g/mol. The van der Waals surface area contributed by atoms with Crippen molar-refractivity contribution >= 4 is 21.9 Å². The first-order chi connectivity index (χ1) is 15.2. The summed E-state index contributed by atoms with van der Waals surface area (Å²) in [5.74, 6) is -0.549. The van der Waals surface area contributed by atoms with E-state index in [0.717, 1.165) is 16.3 Å². The van der Waals surface area contributed by atoms with Gasteiger partial charge in [-0.25, -0.2) is 17.8 Å². The van der Waals surface area contributed by atoms with Crippen molar-refractivity contribution in [2.75, 3.05) is 13.1 Å². The molecule has 2 N–H and O–H groups in total. The third-order valence-electron chi connectivity index (χ3n) is 4.94. The van der Waals surface area contributed by atoms with Crippen LogP contribution in [-0.2, 0) is 10.0 Å². The summed E-state index contributed by atoms with van der Waals surface area (Å²) in [6, 6.07) is 12.7. The quantitative estimate of drug-likeness (QED) is 0.528. The second-order valence-electron chi connectivity index (χ2n) is 7.01. The Labute approximate surface area is 185 Å². The van der Waals surface area contributed by atoms with Crippen molar-refractivity contribution in [2.24, 2.45) is 4.99 Å². The number of benzene rings is 2. The standard InChI is InChI=1S/C22H24N4O5S/c1-4-25(5-2)32(30,31)18-12-8-16(9-13-18)23-14-19-20(27)24-22(29)26(21(19)28)17-10-6-15(3)7-11-17/h6-14,28H,4-5H2,1-3H3,(H,24,27,29). The fourth-order valence-electron chi connectivity index (χ4n) is 3.14. The van der Waals surface area contributed by atoms with Gasteiger partial charge in [-0.2, -0.15) is 4.31 Å². The third kappa shape index (κ3) is 4.56. The number of hydrogen-bond donors (Lipinski definition) is 2. The molecule has 3 rings (SSSR count). The molecule has 0 saturated heterocycles. The van der Waals surface area contributed by atoms with Crippen LogP contribution in [0.2, 0.25) is 0 Å². The lowest BCUT2D eigenvalue weighted by Crippen LogP contribution is -2.31. The monoisotopic (exact) mass is 456 g/mol. The summed E-state index contributed by atoms with van der Waals surface area (Å²) in [5.41, 5.74) is -0.0471. The molecule has 0 atom stereocenters. The number of H-pyrrole nitrogens is 1. The Hall–Kier alpha value is -3.50. The van der Waals surface area contributed by atoms with Crippen molar-refractivity contribution in [3.05, 3.63) is 80.5 Å². The summed E-state index contributed by atoms with van der Waals surface area (Å²) in [6.07, 6.45) is 1.13. The first-order valence-electron chi connectivity index (χ1n) is 9.98. The number of nitrogens with one attached hydrogen (secondary N) is 1. The van der Waals surface area contributed by atoms with Gasteiger partial charge in [-0.05, 0) is 43.3 Å². The van der Waals surface area contributed by atoms with E-state index in [1.165, 1.54) is 28.6 Å². The van der Waals surface area contributed by atoms with Crippen molar-refractivity contribution in [3.63, 3.8) is 0 Å². The molecule has 0 spiro atoms. The van der Waals surface area contributed by atoms with Crippen molar-refractivity contribution in [2.45, 2.75) is 25.7 Å². The van der Waals surface area contributed by atoms with E-state index >= 15 is 0 Å². The first kappa shape index (κ1) is 23.2. The molecule has 0 unspecified atom stereocenters. The van der Waals surface area contributed by atoms with Crippen molar-refractivity contribution in [1.29, 1.82) is 0 Å². The highest BCUT2D eigenvalue weighted by Gasteiger charge is 2.21.